The summed E-state index contributed by atoms with van der Waals surface area (Å²) in [5.74, 6) is -0.491. The van der Waals surface area contributed by atoms with Crippen LogP contribution < -0.4 is 5.32 Å². The van der Waals surface area contributed by atoms with Crippen molar-refractivity contribution in [2.45, 2.75) is 26.8 Å². The van der Waals surface area contributed by atoms with Crippen molar-refractivity contribution in [1.82, 2.24) is 10.2 Å². The summed E-state index contributed by atoms with van der Waals surface area (Å²) in [6.07, 6.45) is 0.425. The summed E-state index contributed by atoms with van der Waals surface area (Å²) in [5, 5.41) is 11.7. The van der Waals surface area contributed by atoms with Gasteiger partial charge in [0.25, 0.3) is 0 Å². The van der Waals surface area contributed by atoms with Crippen LogP contribution in [0.3, 0.4) is 0 Å². The molecular formula is C13H20N2O4. The molecule has 0 radical (unpaired) electrons. The molecule has 19 heavy (non-hydrogen) atoms. The van der Waals surface area contributed by atoms with E-state index in [0.717, 1.165) is 13.1 Å². The van der Waals surface area contributed by atoms with Gasteiger partial charge in [-0.25, -0.2) is 4.79 Å². The first-order chi connectivity index (χ1) is 9.08. The summed E-state index contributed by atoms with van der Waals surface area (Å²) in [6, 6.07) is 3.03. The van der Waals surface area contributed by atoms with Gasteiger partial charge in [0, 0.05) is 26.1 Å². The molecule has 0 aliphatic heterocycles. The predicted octanol–water partition coefficient (Wildman–Crippen LogP) is 1.33. The second kappa shape index (κ2) is 7.58. The van der Waals surface area contributed by atoms with Crippen LogP contribution in [-0.2, 0) is 11.3 Å². The Morgan fingerprint density at radius 1 is 1.32 bits per heavy atom. The van der Waals surface area contributed by atoms with Gasteiger partial charge in [-0.15, -0.1) is 0 Å². The summed E-state index contributed by atoms with van der Waals surface area (Å²) >= 11 is 0. The molecule has 1 amide bonds. The van der Waals surface area contributed by atoms with Crippen LogP contribution in [0, 0.1) is 0 Å². The van der Waals surface area contributed by atoms with Gasteiger partial charge in [-0.3, -0.25) is 4.79 Å². The van der Waals surface area contributed by atoms with E-state index in [0.29, 0.717) is 25.3 Å². The summed E-state index contributed by atoms with van der Waals surface area (Å²) in [5.41, 5.74) is 0. The first kappa shape index (κ1) is 15.2. The molecule has 6 nitrogen and oxygen atoms in total. The van der Waals surface area contributed by atoms with E-state index < -0.39 is 5.97 Å². The van der Waals surface area contributed by atoms with E-state index in [1.807, 2.05) is 13.8 Å². The highest BCUT2D eigenvalue weighted by molar-refractivity contribution is 5.84. The van der Waals surface area contributed by atoms with Crippen molar-refractivity contribution in [3.63, 3.8) is 0 Å². The van der Waals surface area contributed by atoms with Crippen molar-refractivity contribution in [3.8, 4) is 0 Å². The minimum Gasteiger partial charge on any atom is -0.475 e. The Bertz CT molecular complexity index is 424. The number of rotatable bonds is 8. The summed E-state index contributed by atoms with van der Waals surface area (Å²) in [4.78, 5) is 24.1. The molecule has 2 N–H and O–H groups in total. The Labute approximate surface area is 112 Å². The fourth-order valence-corrected chi connectivity index (χ4v) is 1.73. The number of aromatic carboxylic acids is 1. The molecule has 0 bridgehead atoms. The van der Waals surface area contributed by atoms with Gasteiger partial charge in [-0.05, 0) is 26.0 Å². The van der Waals surface area contributed by atoms with E-state index in [4.69, 9.17) is 9.52 Å². The highest BCUT2D eigenvalue weighted by atomic mass is 16.4. The smallest absolute Gasteiger partial charge is 0.371 e. The lowest BCUT2D eigenvalue weighted by atomic mass is 10.3. The van der Waals surface area contributed by atoms with Gasteiger partial charge in [0.05, 0.1) is 6.54 Å². The normalized spacial score (nSPS) is 10.4. The number of carbonyl (C=O) groups is 2. The van der Waals surface area contributed by atoms with Crippen LogP contribution in [0.2, 0.25) is 0 Å². The molecule has 106 valence electrons. The van der Waals surface area contributed by atoms with Gasteiger partial charge in [-0.1, -0.05) is 0 Å². The molecule has 0 aliphatic carbocycles. The second-order valence-corrected chi connectivity index (χ2v) is 4.06. The molecule has 0 spiro atoms. The Morgan fingerprint density at radius 2 is 2.00 bits per heavy atom. The van der Waals surface area contributed by atoms with Gasteiger partial charge in [0.15, 0.2) is 0 Å². The molecule has 0 atom stereocenters. The van der Waals surface area contributed by atoms with E-state index in [1.54, 1.807) is 11.0 Å². The third-order valence-corrected chi connectivity index (χ3v) is 2.80. The molecule has 0 unspecified atom stereocenters. The summed E-state index contributed by atoms with van der Waals surface area (Å²) in [7, 11) is 0. The lowest BCUT2D eigenvalue weighted by molar-refractivity contribution is -0.130. The number of amides is 1. The van der Waals surface area contributed by atoms with Gasteiger partial charge in [-0.2, -0.15) is 0 Å². The number of nitrogens with zero attached hydrogens (tertiary/aromatic N) is 1. The third kappa shape index (κ3) is 4.75. The fraction of sp³-hybridized carbons (Fsp3) is 0.538. The number of nitrogens with one attached hydrogen (secondary N) is 1. The van der Waals surface area contributed by atoms with E-state index in [1.165, 1.54) is 6.07 Å². The molecule has 1 aromatic rings. The zero-order valence-electron chi connectivity index (χ0n) is 11.3. The minimum atomic E-state index is -1.08. The standard InChI is InChI=1S/C13H20N2O4/c1-3-15(4-2)12(16)7-8-14-9-10-5-6-11(19-10)13(17)18/h5-6,14H,3-4,7-9H2,1-2H3,(H,17,18). The molecule has 1 rings (SSSR count). The van der Waals surface area contributed by atoms with Crippen molar-refractivity contribution >= 4 is 11.9 Å². The SMILES string of the molecule is CCN(CC)C(=O)CCNCc1ccc(C(=O)O)o1. The fourth-order valence-electron chi connectivity index (χ4n) is 1.73. The van der Waals surface area contributed by atoms with Crippen LogP contribution in [0.15, 0.2) is 16.5 Å². The first-order valence-corrected chi connectivity index (χ1v) is 6.39. The van der Waals surface area contributed by atoms with Crippen LogP contribution in [0.5, 0.6) is 0 Å². The van der Waals surface area contributed by atoms with E-state index >= 15 is 0 Å². The zero-order valence-corrected chi connectivity index (χ0v) is 11.3. The quantitative estimate of drug-likeness (QED) is 0.695. The topological polar surface area (TPSA) is 82.8 Å². The summed E-state index contributed by atoms with van der Waals surface area (Å²) in [6.45, 7) is 6.29. The van der Waals surface area contributed by atoms with Crippen molar-refractivity contribution in [2.75, 3.05) is 19.6 Å². The average Bonchev–Trinajstić information content (AvgIpc) is 2.85. The number of carboxylic acids is 1. The van der Waals surface area contributed by atoms with Gasteiger partial charge >= 0.3 is 5.97 Å². The van der Waals surface area contributed by atoms with E-state index in [9.17, 15) is 9.59 Å². The minimum absolute atomic E-state index is 0.0731. The van der Waals surface area contributed by atoms with Crippen LogP contribution in [-0.4, -0.2) is 41.5 Å². The summed E-state index contributed by atoms with van der Waals surface area (Å²) < 4.78 is 5.08. The maximum atomic E-state index is 11.7. The Balaban J connectivity index is 2.27. The number of carboxylic acid groups (broad SMARTS) is 1. The third-order valence-electron chi connectivity index (χ3n) is 2.80. The maximum absolute atomic E-state index is 11.7. The number of carbonyl (C=O) groups excluding carboxylic acids is 1. The first-order valence-electron chi connectivity index (χ1n) is 6.39. The molecule has 0 saturated heterocycles. The van der Waals surface area contributed by atoms with Crippen LogP contribution >= 0.6 is 0 Å². The zero-order chi connectivity index (χ0) is 14.3. The number of furan rings is 1. The Kier molecular flexibility index (Phi) is 6.08. The largest absolute Gasteiger partial charge is 0.475 e. The highest BCUT2D eigenvalue weighted by Gasteiger charge is 2.10. The lowest BCUT2D eigenvalue weighted by Crippen LogP contribution is -2.32. The molecule has 0 fully saturated rings. The van der Waals surface area contributed by atoms with E-state index in [-0.39, 0.29) is 11.7 Å². The molecule has 0 aromatic carbocycles. The van der Waals surface area contributed by atoms with Crippen LogP contribution in [0.4, 0.5) is 0 Å². The van der Waals surface area contributed by atoms with Crippen molar-refractivity contribution in [1.29, 1.82) is 0 Å². The number of hydrogen-bond donors (Lipinski definition) is 2. The molecule has 6 heteroatoms. The lowest BCUT2D eigenvalue weighted by Gasteiger charge is -2.18. The average molecular weight is 268 g/mol. The van der Waals surface area contributed by atoms with Gasteiger partial charge in [0.1, 0.15) is 5.76 Å². The Hall–Kier alpha value is -1.82. The number of hydrogen-bond acceptors (Lipinski definition) is 4. The molecule has 0 aliphatic rings. The van der Waals surface area contributed by atoms with Crippen molar-refractivity contribution < 1.29 is 19.1 Å². The van der Waals surface area contributed by atoms with Gasteiger partial charge in [0.2, 0.25) is 11.7 Å². The van der Waals surface area contributed by atoms with Crippen LogP contribution in [0.1, 0.15) is 36.6 Å². The second-order valence-electron chi connectivity index (χ2n) is 4.06. The molecule has 1 heterocycles. The van der Waals surface area contributed by atoms with Crippen molar-refractivity contribution in [2.24, 2.45) is 0 Å². The van der Waals surface area contributed by atoms with Crippen molar-refractivity contribution in [3.05, 3.63) is 23.7 Å². The molecular weight excluding hydrogens is 248 g/mol. The van der Waals surface area contributed by atoms with E-state index in [2.05, 4.69) is 5.32 Å². The Morgan fingerprint density at radius 3 is 2.53 bits per heavy atom. The highest BCUT2D eigenvalue weighted by Crippen LogP contribution is 2.07. The monoisotopic (exact) mass is 268 g/mol. The van der Waals surface area contributed by atoms with Gasteiger partial charge < -0.3 is 19.7 Å². The maximum Gasteiger partial charge on any atom is 0.371 e. The molecule has 0 saturated carbocycles. The molecule has 1 aromatic heterocycles. The predicted molar refractivity (Wildman–Crippen MR) is 69.9 cm³/mol. The van der Waals surface area contributed by atoms with Crippen LogP contribution in [0.25, 0.3) is 0 Å².